The number of benzene rings is 3. The van der Waals surface area contributed by atoms with E-state index in [-0.39, 0.29) is 17.7 Å². The first-order chi connectivity index (χ1) is 18.1. The third-order valence-electron chi connectivity index (χ3n) is 7.01. The van der Waals surface area contributed by atoms with E-state index in [1.807, 2.05) is 67.6 Å². The summed E-state index contributed by atoms with van der Waals surface area (Å²) < 4.78 is 22.5. The summed E-state index contributed by atoms with van der Waals surface area (Å²) in [6.07, 6.45) is 1.03. The fourth-order valence-corrected chi connectivity index (χ4v) is 5.26. The van der Waals surface area contributed by atoms with Crippen LogP contribution in [-0.2, 0) is 4.79 Å². The number of ketones is 1. The Bertz CT molecular complexity index is 1350. The summed E-state index contributed by atoms with van der Waals surface area (Å²) in [7, 11) is 4.92. The molecule has 0 radical (unpaired) electrons. The minimum atomic E-state index is -0.351. The van der Waals surface area contributed by atoms with Gasteiger partial charge in [0.1, 0.15) is 11.5 Å². The Balaban J connectivity index is 1.61. The molecule has 1 aliphatic heterocycles. The number of anilines is 2. The Morgan fingerprint density at radius 3 is 2.32 bits per heavy atom. The minimum absolute atomic E-state index is 0.0513. The van der Waals surface area contributed by atoms with Crippen LogP contribution >= 0.6 is 0 Å². The van der Waals surface area contributed by atoms with E-state index in [0.717, 1.165) is 45.3 Å². The van der Waals surface area contributed by atoms with Gasteiger partial charge in [-0.15, -0.1) is 0 Å². The zero-order chi connectivity index (χ0) is 25.9. The lowest BCUT2D eigenvalue weighted by molar-refractivity contribution is -0.116. The zero-order valence-corrected chi connectivity index (χ0v) is 21.6. The largest absolute Gasteiger partial charge is 0.497 e. The SMILES string of the molecule is CCOc1ccc(C2Nc3ccccc3NC3=C2C(=O)CC(c2cc(OC)ccc2OC)C3)cc1OC. The molecule has 0 spiro atoms. The van der Waals surface area contributed by atoms with Crippen LogP contribution in [0.3, 0.4) is 0 Å². The lowest BCUT2D eigenvalue weighted by Gasteiger charge is -2.30. The molecule has 2 unspecified atom stereocenters. The van der Waals surface area contributed by atoms with Crippen molar-refractivity contribution in [3.63, 3.8) is 0 Å². The normalized spacial score (nSPS) is 18.5. The Morgan fingerprint density at radius 1 is 0.838 bits per heavy atom. The molecule has 7 heteroatoms. The van der Waals surface area contributed by atoms with Crippen molar-refractivity contribution in [2.75, 3.05) is 38.6 Å². The number of Topliss-reactive ketones (excluding diaryl/α,β-unsaturated/α-hetero) is 1. The van der Waals surface area contributed by atoms with Gasteiger partial charge in [0.2, 0.25) is 0 Å². The Hall–Kier alpha value is -4.13. The fraction of sp³-hybridized carbons (Fsp3) is 0.300. The quantitative estimate of drug-likeness (QED) is 0.406. The Kier molecular flexibility index (Phi) is 6.95. The molecule has 0 fully saturated rings. The molecule has 2 N–H and O–H groups in total. The number of methoxy groups -OCH3 is 3. The number of hydrogen-bond donors (Lipinski definition) is 2. The first-order valence-electron chi connectivity index (χ1n) is 12.5. The third kappa shape index (κ3) is 4.69. The molecule has 0 amide bonds. The molecule has 37 heavy (non-hydrogen) atoms. The highest BCUT2D eigenvalue weighted by Crippen LogP contribution is 2.47. The first kappa shape index (κ1) is 24.6. The van der Waals surface area contributed by atoms with Gasteiger partial charge in [0, 0.05) is 29.2 Å². The molecule has 2 atom stereocenters. The second-order valence-corrected chi connectivity index (χ2v) is 9.12. The van der Waals surface area contributed by atoms with Crippen molar-refractivity contribution >= 4 is 17.2 Å². The van der Waals surface area contributed by atoms with E-state index < -0.39 is 0 Å². The topological polar surface area (TPSA) is 78.1 Å². The van der Waals surface area contributed by atoms with Gasteiger partial charge in [-0.25, -0.2) is 0 Å². The van der Waals surface area contributed by atoms with Crippen LogP contribution in [0.5, 0.6) is 23.0 Å². The maximum absolute atomic E-state index is 13.9. The van der Waals surface area contributed by atoms with Crippen LogP contribution in [0.4, 0.5) is 11.4 Å². The number of para-hydroxylation sites is 2. The number of rotatable bonds is 7. The number of carbonyl (C=O) groups excluding carboxylic acids is 1. The van der Waals surface area contributed by atoms with Crippen LogP contribution in [0, 0.1) is 0 Å². The highest BCUT2D eigenvalue weighted by molar-refractivity contribution is 6.01. The molecule has 0 aromatic heterocycles. The van der Waals surface area contributed by atoms with Gasteiger partial charge in [-0.1, -0.05) is 18.2 Å². The van der Waals surface area contributed by atoms with E-state index in [4.69, 9.17) is 18.9 Å². The predicted octanol–water partition coefficient (Wildman–Crippen LogP) is 6.09. The monoisotopic (exact) mass is 500 g/mol. The van der Waals surface area contributed by atoms with Gasteiger partial charge >= 0.3 is 0 Å². The van der Waals surface area contributed by atoms with Crippen molar-refractivity contribution in [1.29, 1.82) is 0 Å². The summed E-state index contributed by atoms with van der Waals surface area (Å²) in [5, 5.41) is 7.21. The molecule has 1 aliphatic carbocycles. The maximum Gasteiger partial charge on any atom is 0.163 e. The van der Waals surface area contributed by atoms with Crippen molar-refractivity contribution in [2.24, 2.45) is 0 Å². The van der Waals surface area contributed by atoms with Crippen molar-refractivity contribution in [2.45, 2.75) is 31.7 Å². The minimum Gasteiger partial charge on any atom is -0.497 e. The first-order valence-corrected chi connectivity index (χ1v) is 12.5. The summed E-state index contributed by atoms with van der Waals surface area (Å²) in [5.74, 6) is 2.84. The number of allylic oxidation sites excluding steroid dienone is 1. The predicted molar refractivity (Wildman–Crippen MR) is 144 cm³/mol. The molecular weight excluding hydrogens is 468 g/mol. The van der Waals surface area contributed by atoms with Crippen LogP contribution in [0.25, 0.3) is 0 Å². The van der Waals surface area contributed by atoms with Crippen molar-refractivity contribution in [1.82, 2.24) is 0 Å². The molecule has 1 heterocycles. The second-order valence-electron chi connectivity index (χ2n) is 9.12. The van der Waals surface area contributed by atoms with Gasteiger partial charge in [0.05, 0.1) is 45.4 Å². The van der Waals surface area contributed by atoms with Gasteiger partial charge in [0.25, 0.3) is 0 Å². The molecule has 0 saturated carbocycles. The molecule has 3 aromatic rings. The lowest BCUT2D eigenvalue weighted by atomic mass is 9.78. The van der Waals surface area contributed by atoms with Gasteiger partial charge in [-0.2, -0.15) is 0 Å². The second kappa shape index (κ2) is 10.5. The Morgan fingerprint density at radius 2 is 1.59 bits per heavy atom. The van der Waals surface area contributed by atoms with Crippen molar-refractivity contribution < 1.29 is 23.7 Å². The van der Waals surface area contributed by atoms with Crippen LogP contribution in [0.2, 0.25) is 0 Å². The van der Waals surface area contributed by atoms with Crippen LogP contribution in [-0.4, -0.2) is 33.7 Å². The van der Waals surface area contributed by atoms with Crippen molar-refractivity contribution in [3.05, 3.63) is 83.1 Å². The smallest absolute Gasteiger partial charge is 0.163 e. The molecule has 5 rings (SSSR count). The summed E-state index contributed by atoms with van der Waals surface area (Å²) in [6.45, 7) is 2.48. The third-order valence-corrected chi connectivity index (χ3v) is 7.01. The number of ether oxygens (including phenoxy) is 4. The van der Waals surface area contributed by atoms with Crippen LogP contribution < -0.4 is 29.6 Å². The molecule has 3 aromatic carbocycles. The summed E-state index contributed by atoms with van der Waals surface area (Å²) >= 11 is 0. The lowest BCUT2D eigenvalue weighted by Crippen LogP contribution is -2.27. The maximum atomic E-state index is 13.9. The van der Waals surface area contributed by atoms with E-state index in [1.54, 1.807) is 21.3 Å². The molecule has 0 bridgehead atoms. The number of carbonyl (C=O) groups is 1. The van der Waals surface area contributed by atoms with Crippen molar-refractivity contribution in [3.8, 4) is 23.0 Å². The highest BCUT2D eigenvalue weighted by atomic mass is 16.5. The number of nitrogens with one attached hydrogen (secondary N) is 2. The summed E-state index contributed by atoms with van der Waals surface area (Å²) in [4.78, 5) is 13.9. The zero-order valence-electron chi connectivity index (χ0n) is 21.6. The summed E-state index contributed by atoms with van der Waals surface area (Å²) in [6, 6.07) is 19.3. The van der Waals surface area contributed by atoms with Crippen LogP contribution in [0.1, 0.15) is 42.9 Å². The average molecular weight is 501 g/mol. The van der Waals surface area contributed by atoms with Crippen LogP contribution in [0.15, 0.2) is 71.9 Å². The fourth-order valence-electron chi connectivity index (χ4n) is 5.26. The molecule has 2 aliphatic rings. The van der Waals surface area contributed by atoms with Gasteiger partial charge in [0.15, 0.2) is 17.3 Å². The van der Waals surface area contributed by atoms with Gasteiger partial charge < -0.3 is 29.6 Å². The highest BCUT2D eigenvalue weighted by Gasteiger charge is 2.37. The number of fused-ring (bicyclic) bond motifs is 1. The number of hydrogen-bond acceptors (Lipinski definition) is 7. The van der Waals surface area contributed by atoms with E-state index in [1.165, 1.54) is 0 Å². The molecular formula is C30H32N2O5. The van der Waals surface area contributed by atoms with Gasteiger partial charge in [-0.3, -0.25) is 4.79 Å². The van der Waals surface area contributed by atoms with E-state index >= 15 is 0 Å². The average Bonchev–Trinajstić information content (AvgIpc) is 3.10. The molecule has 192 valence electrons. The molecule has 7 nitrogen and oxygen atoms in total. The standard InChI is InChI=1S/C30H32N2O5/c1-5-37-27-12-10-18(16-28(27)36-4)30-29-24(31-22-8-6-7-9-23(22)32-30)14-19(15-25(29)33)21-17-20(34-2)11-13-26(21)35-3/h6-13,16-17,19,30-32H,5,14-15H2,1-4H3. The summed E-state index contributed by atoms with van der Waals surface area (Å²) in [5.41, 5.74) is 5.40. The van der Waals surface area contributed by atoms with E-state index in [9.17, 15) is 4.79 Å². The molecule has 0 saturated heterocycles. The van der Waals surface area contributed by atoms with E-state index in [0.29, 0.717) is 30.9 Å². The van der Waals surface area contributed by atoms with E-state index in [2.05, 4.69) is 10.6 Å². The van der Waals surface area contributed by atoms with Gasteiger partial charge in [-0.05, 0) is 61.4 Å². The Labute approximate surface area is 217 Å².